The first-order chi connectivity index (χ1) is 5.65. The van der Waals surface area contributed by atoms with Crippen molar-refractivity contribution in [2.45, 2.75) is 13.8 Å². The minimum atomic E-state index is -0.0191. The molecule has 0 atom stereocenters. The summed E-state index contributed by atoms with van der Waals surface area (Å²) in [5, 5.41) is 18.6. The molecule has 0 aliphatic carbocycles. The first-order valence-electron chi connectivity index (χ1n) is 3.80. The maximum absolute atomic E-state index is 9.32. The molecule has 1 rings (SSSR count). The summed E-state index contributed by atoms with van der Waals surface area (Å²) < 4.78 is 5.02. The molecule has 0 aliphatic rings. The molecule has 0 aromatic heterocycles. The minimum absolute atomic E-state index is 0.0191. The maximum Gasteiger partial charge on any atom is 0.203 e. The van der Waals surface area contributed by atoms with Gasteiger partial charge in [0, 0.05) is 0 Å². The van der Waals surface area contributed by atoms with Crippen LogP contribution in [0.4, 0.5) is 0 Å². The zero-order chi connectivity index (χ0) is 9.14. The predicted octanol–water partition coefficient (Wildman–Crippen LogP) is 1.80. The predicted molar refractivity (Wildman–Crippen MR) is 45.7 cm³/mol. The number of phenols is 2. The van der Waals surface area contributed by atoms with Crippen LogP contribution in [-0.2, 0) is 0 Å². The van der Waals surface area contributed by atoms with Crippen molar-refractivity contribution in [1.29, 1.82) is 0 Å². The highest BCUT2D eigenvalue weighted by atomic mass is 16.5. The monoisotopic (exact) mass is 168 g/mol. The van der Waals surface area contributed by atoms with E-state index in [0.29, 0.717) is 6.61 Å². The Bertz CT molecular complexity index is 258. The SMILES string of the molecule is CCOc1c(O)cc(C)cc1O. The summed E-state index contributed by atoms with van der Waals surface area (Å²) in [6, 6.07) is 3.09. The zero-order valence-corrected chi connectivity index (χ0v) is 7.16. The van der Waals surface area contributed by atoms with Gasteiger partial charge >= 0.3 is 0 Å². The van der Waals surface area contributed by atoms with E-state index in [-0.39, 0.29) is 17.2 Å². The van der Waals surface area contributed by atoms with Crippen LogP contribution in [0.15, 0.2) is 12.1 Å². The molecule has 1 aromatic rings. The number of hydrogen-bond donors (Lipinski definition) is 2. The molecule has 0 amide bonds. The van der Waals surface area contributed by atoms with Gasteiger partial charge in [-0.25, -0.2) is 0 Å². The number of phenolic OH excluding ortho intramolecular Hbond substituents is 2. The van der Waals surface area contributed by atoms with Crippen LogP contribution in [0.2, 0.25) is 0 Å². The lowest BCUT2D eigenvalue weighted by molar-refractivity contribution is 0.298. The number of benzene rings is 1. The number of hydrogen-bond acceptors (Lipinski definition) is 3. The zero-order valence-electron chi connectivity index (χ0n) is 7.16. The normalized spacial score (nSPS) is 9.83. The molecular formula is C9H12O3. The summed E-state index contributed by atoms with van der Waals surface area (Å²) in [6.45, 7) is 4.00. The van der Waals surface area contributed by atoms with Crippen molar-refractivity contribution in [1.82, 2.24) is 0 Å². The van der Waals surface area contributed by atoms with Crippen molar-refractivity contribution >= 4 is 0 Å². The Hall–Kier alpha value is -1.38. The average molecular weight is 168 g/mol. The Labute approximate surface area is 71.2 Å². The van der Waals surface area contributed by atoms with Crippen molar-refractivity contribution < 1.29 is 14.9 Å². The van der Waals surface area contributed by atoms with Crippen LogP contribution in [0.5, 0.6) is 17.2 Å². The third kappa shape index (κ3) is 1.61. The van der Waals surface area contributed by atoms with E-state index in [0.717, 1.165) is 5.56 Å². The topological polar surface area (TPSA) is 49.7 Å². The van der Waals surface area contributed by atoms with Gasteiger partial charge in [-0.2, -0.15) is 0 Å². The van der Waals surface area contributed by atoms with Gasteiger partial charge in [0.05, 0.1) is 6.61 Å². The number of aromatic hydroxyl groups is 2. The van der Waals surface area contributed by atoms with Crippen LogP contribution >= 0.6 is 0 Å². The lowest BCUT2D eigenvalue weighted by Crippen LogP contribution is -1.92. The Morgan fingerprint density at radius 2 is 1.75 bits per heavy atom. The second-order valence-electron chi connectivity index (χ2n) is 2.57. The van der Waals surface area contributed by atoms with Gasteiger partial charge in [-0.1, -0.05) is 0 Å². The molecule has 0 spiro atoms. The molecule has 3 nitrogen and oxygen atoms in total. The van der Waals surface area contributed by atoms with E-state index in [4.69, 9.17) is 4.74 Å². The summed E-state index contributed by atoms with van der Waals surface area (Å²) >= 11 is 0. The molecule has 12 heavy (non-hydrogen) atoms. The maximum atomic E-state index is 9.32. The first kappa shape index (κ1) is 8.71. The van der Waals surface area contributed by atoms with Crippen molar-refractivity contribution in [2.75, 3.05) is 6.61 Å². The first-order valence-corrected chi connectivity index (χ1v) is 3.80. The van der Waals surface area contributed by atoms with E-state index >= 15 is 0 Å². The van der Waals surface area contributed by atoms with Gasteiger partial charge in [-0.15, -0.1) is 0 Å². The van der Waals surface area contributed by atoms with Gasteiger partial charge in [-0.05, 0) is 31.5 Å². The number of ether oxygens (including phenoxy) is 1. The summed E-state index contributed by atoms with van der Waals surface area (Å²) in [5.74, 6) is 0.117. The third-order valence-corrected chi connectivity index (χ3v) is 1.48. The van der Waals surface area contributed by atoms with Gasteiger partial charge in [0.1, 0.15) is 0 Å². The largest absolute Gasteiger partial charge is 0.504 e. The third-order valence-electron chi connectivity index (χ3n) is 1.48. The molecule has 0 fully saturated rings. The highest BCUT2D eigenvalue weighted by molar-refractivity contribution is 5.51. The second kappa shape index (κ2) is 3.34. The highest BCUT2D eigenvalue weighted by Crippen LogP contribution is 2.36. The van der Waals surface area contributed by atoms with Crippen LogP contribution in [0.1, 0.15) is 12.5 Å². The average Bonchev–Trinajstić information content (AvgIpc) is 1.96. The van der Waals surface area contributed by atoms with E-state index in [1.165, 1.54) is 0 Å². The lowest BCUT2D eigenvalue weighted by atomic mass is 10.2. The molecular weight excluding hydrogens is 156 g/mol. The fourth-order valence-corrected chi connectivity index (χ4v) is 1.03. The van der Waals surface area contributed by atoms with Gasteiger partial charge in [0.15, 0.2) is 11.5 Å². The highest BCUT2D eigenvalue weighted by Gasteiger charge is 2.08. The van der Waals surface area contributed by atoms with E-state index in [1.807, 2.05) is 0 Å². The van der Waals surface area contributed by atoms with Crippen molar-refractivity contribution in [2.24, 2.45) is 0 Å². The van der Waals surface area contributed by atoms with Crippen LogP contribution in [0.25, 0.3) is 0 Å². The van der Waals surface area contributed by atoms with Crippen LogP contribution in [0, 0.1) is 6.92 Å². The summed E-state index contributed by atoms with van der Waals surface area (Å²) in [6.07, 6.45) is 0. The van der Waals surface area contributed by atoms with Crippen molar-refractivity contribution in [3.8, 4) is 17.2 Å². The molecule has 1 aromatic carbocycles. The molecule has 0 bridgehead atoms. The Kier molecular flexibility index (Phi) is 2.43. The second-order valence-corrected chi connectivity index (χ2v) is 2.57. The number of aryl methyl sites for hydroxylation is 1. The molecule has 0 heterocycles. The van der Waals surface area contributed by atoms with Crippen LogP contribution in [-0.4, -0.2) is 16.8 Å². The fourth-order valence-electron chi connectivity index (χ4n) is 1.03. The van der Waals surface area contributed by atoms with Gasteiger partial charge in [0.2, 0.25) is 5.75 Å². The Balaban J connectivity index is 3.10. The molecule has 2 N–H and O–H groups in total. The van der Waals surface area contributed by atoms with Crippen molar-refractivity contribution in [3.63, 3.8) is 0 Å². The smallest absolute Gasteiger partial charge is 0.203 e. The molecule has 0 unspecified atom stereocenters. The van der Waals surface area contributed by atoms with Gasteiger partial charge < -0.3 is 14.9 Å². The van der Waals surface area contributed by atoms with E-state index < -0.39 is 0 Å². The molecule has 0 aliphatic heterocycles. The molecule has 3 heteroatoms. The van der Waals surface area contributed by atoms with Gasteiger partial charge in [0.25, 0.3) is 0 Å². The summed E-state index contributed by atoms with van der Waals surface area (Å²) in [4.78, 5) is 0. The Morgan fingerprint density at radius 1 is 1.25 bits per heavy atom. The molecule has 0 saturated heterocycles. The quantitative estimate of drug-likeness (QED) is 0.708. The van der Waals surface area contributed by atoms with Crippen LogP contribution in [0.3, 0.4) is 0 Å². The van der Waals surface area contributed by atoms with E-state index in [2.05, 4.69) is 0 Å². The molecule has 0 radical (unpaired) electrons. The summed E-state index contributed by atoms with van der Waals surface area (Å²) in [7, 11) is 0. The lowest BCUT2D eigenvalue weighted by Gasteiger charge is -2.08. The van der Waals surface area contributed by atoms with Gasteiger partial charge in [-0.3, -0.25) is 0 Å². The van der Waals surface area contributed by atoms with E-state index in [1.54, 1.807) is 26.0 Å². The Morgan fingerprint density at radius 3 is 2.17 bits per heavy atom. The summed E-state index contributed by atoms with van der Waals surface area (Å²) in [5.41, 5.74) is 0.799. The molecule has 66 valence electrons. The minimum Gasteiger partial charge on any atom is -0.504 e. The van der Waals surface area contributed by atoms with E-state index in [9.17, 15) is 10.2 Å². The molecule has 0 saturated carbocycles. The standard InChI is InChI=1S/C9H12O3/c1-3-12-9-7(10)4-6(2)5-8(9)11/h4-5,10-11H,3H2,1-2H3. The van der Waals surface area contributed by atoms with Crippen LogP contribution < -0.4 is 4.74 Å². The number of rotatable bonds is 2. The fraction of sp³-hybridized carbons (Fsp3) is 0.333. The van der Waals surface area contributed by atoms with Crippen molar-refractivity contribution in [3.05, 3.63) is 17.7 Å².